The van der Waals surface area contributed by atoms with Gasteiger partial charge in [-0.25, -0.2) is 0 Å². The number of pyridine rings is 1. The summed E-state index contributed by atoms with van der Waals surface area (Å²) in [5, 5.41) is 3.51. The number of aromatic amines is 1. The van der Waals surface area contributed by atoms with E-state index in [1.165, 1.54) is 6.07 Å². The molecule has 122 valence electrons. The summed E-state index contributed by atoms with van der Waals surface area (Å²) in [6.45, 7) is 2.86. The Kier molecular flexibility index (Phi) is 4.45. The Hall–Kier alpha value is -2.18. The van der Waals surface area contributed by atoms with Crippen LogP contribution in [0.1, 0.15) is 22.5 Å². The van der Waals surface area contributed by atoms with E-state index >= 15 is 0 Å². The number of amides is 1. The molecule has 1 aliphatic rings. The first-order chi connectivity index (χ1) is 11.1. The lowest BCUT2D eigenvalue weighted by Crippen LogP contribution is -2.49. The Labute approximate surface area is 133 Å². The van der Waals surface area contributed by atoms with Crippen LogP contribution in [0.5, 0.6) is 0 Å². The first kappa shape index (κ1) is 15.7. The summed E-state index contributed by atoms with van der Waals surface area (Å²) in [6.07, 6.45) is 0.536. The molecule has 2 heterocycles. The molecule has 2 N–H and O–H groups in total. The van der Waals surface area contributed by atoms with Crippen LogP contribution in [-0.4, -0.2) is 43.4 Å². The van der Waals surface area contributed by atoms with Crippen molar-refractivity contribution >= 4 is 16.8 Å². The van der Waals surface area contributed by atoms with E-state index in [4.69, 9.17) is 9.47 Å². The van der Waals surface area contributed by atoms with E-state index in [0.717, 1.165) is 5.69 Å². The third-order valence-electron chi connectivity index (χ3n) is 4.17. The molecular formula is C17H20N2O4. The summed E-state index contributed by atoms with van der Waals surface area (Å²) >= 11 is 0. The fraction of sp³-hybridized carbons (Fsp3) is 0.412. The molecule has 2 atom stereocenters. The first-order valence-electron chi connectivity index (χ1n) is 7.64. The lowest BCUT2D eigenvalue weighted by molar-refractivity contribution is -0.0479. The molecule has 6 heteroatoms. The zero-order chi connectivity index (χ0) is 16.4. The molecule has 2 aromatic rings. The first-order valence-corrected chi connectivity index (χ1v) is 7.64. The second kappa shape index (κ2) is 6.52. The number of hydrogen-bond acceptors (Lipinski definition) is 4. The van der Waals surface area contributed by atoms with Crippen molar-refractivity contribution in [3.63, 3.8) is 0 Å². The third kappa shape index (κ3) is 3.13. The highest BCUT2D eigenvalue weighted by molar-refractivity contribution is 6.05. The summed E-state index contributed by atoms with van der Waals surface area (Å²) in [5.41, 5.74) is 1.66. The Morgan fingerprint density at radius 2 is 2.26 bits per heavy atom. The van der Waals surface area contributed by atoms with Gasteiger partial charge in [-0.05, 0) is 25.5 Å². The number of fused-ring (bicyclic) bond motifs is 1. The van der Waals surface area contributed by atoms with E-state index in [9.17, 15) is 9.59 Å². The number of carbonyl (C=O) groups excluding carboxylic acids is 1. The normalized spacial score (nSPS) is 21.3. The molecule has 0 radical (unpaired) electrons. The molecule has 0 aliphatic carbocycles. The predicted molar refractivity (Wildman–Crippen MR) is 86.8 cm³/mol. The number of para-hydroxylation sites is 1. The molecule has 1 aliphatic heterocycles. The second-order valence-electron chi connectivity index (χ2n) is 5.76. The van der Waals surface area contributed by atoms with Gasteiger partial charge in [-0.3, -0.25) is 9.59 Å². The zero-order valence-corrected chi connectivity index (χ0v) is 13.2. The minimum absolute atomic E-state index is 0.0910. The summed E-state index contributed by atoms with van der Waals surface area (Å²) < 4.78 is 10.7. The molecule has 1 aromatic carbocycles. The fourth-order valence-electron chi connectivity index (χ4n) is 2.94. The van der Waals surface area contributed by atoms with Gasteiger partial charge in [0.25, 0.3) is 5.91 Å². The van der Waals surface area contributed by atoms with Crippen molar-refractivity contribution in [2.45, 2.75) is 25.5 Å². The van der Waals surface area contributed by atoms with E-state index in [-0.39, 0.29) is 23.5 Å². The van der Waals surface area contributed by atoms with Crippen molar-refractivity contribution in [2.24, 2.45) is 0 Å². The van der Waals surface area contributed by atoms with Crippen LogP contribution >= 0.6 is 0 Å². The molecule has 0 unspecified atom stereocenters. The number of ether oxygens (including phenoxy) is 2. The van der Waals surface area contributed by atoms with Gasteiger partial charge in [0.1, 0.15) is 6.10 Å². The van der Waals surface area contributed by atoms with Gasteiger partial charge in [-0.15, -0.1) is 0 Å². The Morgan fingerprint density at radius 3 is 3.04 bits per heavy atom. The standard InChI is InChI=1S/C17H20N2O4/c1-10-8-14(20)11-4-3-5-12(16(11)18-10)17(21)19-13-6-7-23-9-15(13)22-2/h3-5,8,13,15H,6-7,9H2,1-2H3,(H,18,20)(H,19,21)/t13-,15-/m1/s1. The molecule has 23 heavy (non-hydrogen) atoms. The van der Waals surface area contributed by atoms with Crippen LogP contribution in [-0.2, 0) is 9.47 Å². The predicted octanol–water partition coefficient (Wildman–Crippen LogP) is 1.37. The van der Waals surface area contributed by atoms with Crippen LogP contribution in [0.25, 0.3) is 10.9 Å². The lowest BCUT2D eigenvalue weighted by Gasteiger charge is -2.31. The average molecular weight is 316 g/mol. The van der Waals surface area contributed by atoms with E-state index in [1.54, 1.807) is 32.2 Å². The Bertz CT molecular complexity index is 784. The van der Waals surface area contributed by atoms with Crippen LogP contribution < -0.4 is 10.7 Å². The molecule has 1 amide bonds. The van der Waals surface area contributed by atoms with Gasteiger partial charge in [0.05, 0.1) is 23.7 Å². The van der Waals surface area contributed by atoms with Crippen LogP contribution in [0.3, 0.4) is 0 Å². The minimum Gasteiger partial charge on any atom is -0.379 e. The number of aromatic nitrogens is 1. The van der Waals surface area contributed by atoms with Crippen LogP contribution in [0.2, 0.25) is 0 Å². The van der Waals surface area contributed by atoms with Crippen molar-refractivity contribution in [2.75, 3.05) is 20.3 Å². The quantitative estimate of drug-likeness (QED) is 0.896. The molecule has 3 rings (SSSR count). The van der Waals surface area contributed by atoms with Crippen molar-refractivity contribution in [1.82, 2.24) is 10.3 Å². The van der Waals surface area contributed by atoms with Crippen LogP contribution in [0.4, 0.5) is 0 Å². The van der Waals surface area contributed by atoms with E-state index in [0.29, 0.717) is 36.1 Å². The van der Waals surface area contributed by atoms with Crippen molar-refractivity contribution in [1.29, 1.82) is 0 Å². The maximum Gasteiger partial charge on any atom is 0.253 e. The van der Waals surface area contributed by atoms with Gasteiger partial charge in [-0.2, -0.15) is 0 Å². The number of carbonyl (C=O) groups is 1. The van der Waals surface area contributed by atoms with Gasteiger partial charge in [0.2, 0.25) is 0 Å². The lowest BCUT2D eigenvalue weighted by atomic mass is 10.0. The van der Waals surface area contributed by atoms with Crippen LogP contribution in [0, 0.1) is 6.92 Å². The Morgan fingerprint density at radius 1 is 1.43 bits per heavy atom. The number of hydrogen-bond donors (Lipinski definition) is 2. The van der Waals surface area contributed by atoms with Gasteiger partial charge >= 0.3 is 0 Å². The smallest absolute Gasteiger partial charge is 0.253 e. The van der Waals surface area contributed by atoms with E-state index in [1.807, 2.05) is 0 Å². The summed E-state index contributed by atoms with van der Waals surface area (Å²) in [5.74, 6) is -0.217. The molecule has 1 saturated heterocycles. The molecule has 1 fully saturated rings. The molecule has 6 nitrogen and oxygen atoms in total. The summed E-state index contributed by atoms with van der Waals surface area (Å²) in [6, 6.07) is 6.58. The molecule has 1 aromatic heterocycles. The number of H-pyrrole nitrogens is 1. The highest BCUT2D eigenvalue weighted by atomic mass is 16.5. The van der Waals surface area contributed by atoms with Crippen molar-refractivity contribution in [3.05, 3.63) is 45.7 Å². The number of aryl methyl sites for hydroxylation is 1. The summed E-state index contributed by atoms with van der Waals surface area (Å²) in [7, 11) is 1.61. The number of rotatable bonds is 3. The SMILES string of the molecule is CO[C@@H]1COCC[C@H]1NC(=O)c1cccc2c(=O)cc(C)[nH]c12. The monoisotopic (exact) mass is 316 g/mol. The molecule has 0 spiro atoms. The second-order valence-corrected chi connectivity index (χ2v) is 5.76. The summed E-state index contributed by atoms with van der Waals surface area (Å²) in [4.78, 5) is 27.9. The Balaban J connectivity index is 1.93. The van der Waals surface area contributed by atoms with Crippen LogP contribution in [0.15, 0.2) is 29.1 Å². The third-order valence-corrected chi connectivity index (χ3v) is 4.17. The topological polar surface area (TPSA) is 80.4 Å². The zero-order valence-electron chi connectivity index (χ0n) is 13.2. The van der Waals surface area contributed by atoms with E-state index < -0.39 is 0 Å². The van der Waals surface area contributed by atoms with Crippen molar-refractivity contribution < 1.29 is 14.3 Å². The molecule has 0 bridgehead atoms. The average Bonchev–Trinajstić information content (AvgIpc) is 2.54. The maximum atomic E-state index is 12.7. The van der Waals surface area contributed by atoms with Gasteiger partial charge in [-0.1, -0.05) is 6.07 Å². The van der Waals surface area contributed by atoms with E-state index in [2.05, 4.69) is 10.3 Å². The minimum atomic E-state index is -0.217. The maximum absolute atomic E-state index is 12.7. The molecular weight excluding hydrogens is 296 g/mol. The van der Waals surface area contributed by atoms with Gasteiger partial charge in [0, 0.05) is 30.9 Å². The fourth-order valence-corrected chi connectivity index (χ4v) is 2.94. The largest absolute Gasteiger partial charge is 0.379 e. The van der Waals surface area contributed by atoms with Gasteiger partial charge < -0.3 is 19.8 Å². The number of benzene rings is 1. The molecule has 0 saturated carbocycles. The number of methoxy groups -OCH3 is 1. The van der Waals surface area contributed by atoms with Gasteiger partial charge in [0.15, 0.2) is 5.43 Å². The highest BCUT2D eigenvalue weighted by Crippen LogP contribution is 2.16. The highest BCUT2D eigenvalue weighted by Gasteiger charge is 2.27. The number of nitrogens with one attached hydrogen (secondary N) is 2. The van der Waals surface area contributed by atoms with Crippen molar-refractivity contribution in [3.8, 4) is 0 Å².